The average Bonchev–Trinajstić information content (AvgIpc) is 2.77. The van der Waals surface area contributed by atoms with E-state index in [4.69, 9.17) is 0 Å². The minimum atomic E-state index is -3.31. The highest BCUT2D eigenvalue weighted by Gasteiger charge is 2.36. The second-order valence-corrected chi connectivity index (χ2v) is 7.06. The molecule has 120 valence electrons. The normalized spacial score (nSPS) is 21.0. The first-order valence-corrected chi connectivity index (χ1v) is 7.89. The van der Waals surface area contributed by atoms with Crippen molar-refractivity contribution in [2.75, 3.05) is 24.7 Å². The largest absolute Gasteiger partial charge is 0.324 e. The fourth-order valence-electron chi connectivity index (χ4n) is 1.97. The molecule has 1 aromatic rings. The van der Waals surface area contributed by atoms with Gasteiger partial charge in [-0.2, -0.15) is 0 Å². The summed E-state index contributed by atoms with van der Waals surface area (Å²) in [6, 6.07) is 2.94. The van der Waals surface area contributed by atoms with Gasteiger partial charge in [0.25, 0.3) is 0 Å². The van der Waals surface area contributed by atoms with Gasteiger partial charge in [-0.3, -0.25) is 4.79 Å². The predicted molar refractivity (Wildman–Crippen MR) is 86.1 cm³/mol. The van der Waals surface area contributed by atoms with Crippen LogP contribution < -0.4 is 10.6 Å². The van der Waals surface area contributed by atoms with Gasteiger partial charge in [-0.1, -0.05) is 0 Å². The number of carbonyl (C=O) groups excluding carboxylic acids is 1. The number of rotatable bonds is 3. The molecule has 0 aromatic carbocycles. The highest BCUT2D eigenvalue weighted by atomic mass is 35.5. The minimum Gasteiger partial charge on any atom is -0.324 e. The van der Waals surface area contributed by atoms with Gasteiger partial charge in [0.2, 0.25) is 5.91 Å². The molecule has 1 unspecified atom stereocenters. The maximum Gasteiger partial charge on any atom is 0.231 e. The van der Waals surface area contributed by atoms with Gasteiger partial charge in [0, 0.05) is 12.8 Å². The van der Waals surface area contributed by atoms with Crippen molar-refractivity contribution in [1.82, 2.24) is 10.3 Å². The summed E-state index contributed by atoms with van der Waals surface area (Å²) >= 11 is 0. The van der Waals surface area contributed by atoms with Crippen LogP contribution in [0.5, 0.6) is 0 Å². The Bertz CT molecular complexity index is 584. The van der Waals surface area contributed by atoms with Crippen molar-refractivity contribution in [3.63, 3.8) is 0 Å². The number of hydrogen-bond donors (Lipinski definition) is 2. The maximum absolute atomic E-state index is 12.1. The smallest absolute Gasteiger partial charge is 0.231 e. The van der Waals surface area contributed by atoms with Crippen molar-refractivity contribution in [2.24, 2.45) is 5.41 Å². The summed E-state index contributed by atoms with van der Waals surface area (Å²) in [5, 5.41) is 5.92. The number of pyridine rings is 1. The van der Waals surface area contributed by atoms with E-state index in [1.807, 2.05) is 6.92 Å². The summed E-state index contributed by atoms with van der Waals surface area (Å²) < 4.78 is 22.5. The van der Waals surface area contributed by atoms with Crippen molar-refractivity contribution >= 4 is 46.2 Å². The zero-order valence-electron chi connectivity index (χ0n) is 11.8. The van der Waals surface area contributed by atoms with Crippen molar-refractivity contribution in [3.05, 3.63) is 18.3 Å². The summed E-state index contributed by atoms with van der Waals surface area (Å²) in [6.07, 6.45) is 3.24. The SMILES string of the molecule is CC1(C(=O)Nc2ccc(S(C)(=O)=O)nc2)CCNC1.Cl.Cl. The molecule has 1 saturated heterocycles. The summed E-state index contributed by atoms with van der Waals surface area (Å²) in [6.45, 7) is 3.38. The van der Waals surface area contributed by atoms with Gasteiger partial charge in [0.1, 0.15) is 0 Å². The van der Waals surface area contributed by atoms with Crippen LogP contribution in [0.2, 0.25) is 0 Å². The Morgan fingerprint density at radius 3 is 2.48 bits per heavy atom. The molecule has 0 radical (unpaired) electrons. The van der Waals surface area contributed by atoms with E-state index in [2.05, 4.69) is 15.6 Å². The monoisotopic (exact) mass is 355 g/mol. The number of nitrogens with one attached hydrogen (secondary N) is 2. The summed E-state index contributed by atoms with van der Waals surface area (Å²) in [5.41, 5.74) is 0.0840. The zero-order valence-corrected chi connectivity index (χ0v) is 14.2. The van der Waals surface area contributed by atoms with Crippen LogP contribution in [0.15, 0.2) is 23.4 Å². The molecule has 0 aliphatic carbocycles. The molecule has 9 heteroatoms. The summed E-state index contributed by atoms with van der Waals surface area (Å²) in [4.78, 5) is 16.0. The van der Waals surface area contributed by atoms with Crippen LogP contribution in [-0.4, -0.2) is 38.7 Å². The molecule has 1 aromatic heterocycles. The molecule has 2 rings (SSSR count). The fourth-order valence-corrected chi connectivity index (χ4v) is 2.53. The number of aromatic nitrogens is 1. The van der Waals surface area contributed by atoms with Crippen molar-refractivity contribution in [3.8, 4) is 0 Å². The number of halogens is 2. The topological polar surface area (TPSA) is 88.2 Å². The highest BCUT2D eigenvalue weighted by Crippen LogP contribution is 2.26. The quantitative estimate of drug-likeness (QED) is 0.852. The van der Waals surface area contributed by atoms with E-state index in [0.717, 1.165) is 19.2 Å². The lowest BCUT2D eigenvalue weighted by molar-refractivity contribution is -0.123. The Kier molecular flexibility index (Phi) is 7.08. The first-order valence-electron chi connectivity index (χ1n) is 6.00. The van der Waals surface area contributed by atoms with Crippen LogP contribution in [0.25, 0.3) is 0 Å². The molecule has 2 heterocycles. The van der Waals surface area contributed by atoms with Crippen LogP contribution in [0.4, 0.5) is 5.69 Å². The number of anilines is 1. The Hall–Kier alpha value is -0.890. The fraction of sp³-hybridized carbons (Fsp3) is 0.500. The highest BCUT2D eigenvalue weighted by molar-refractivity contribution is 7.90. The molecule has 0 bridgehead atoms. The first-order chi connectivity index (χ1) is 8.81. The number of hydrogen-bond acceptors (Lipinski definition) is 5. The number of nitrogens with zero attached hydrogens (tertiary/aromatic N) is 1. The lowest BCUT2D eigenvalue weighted by Crippen LogP contribution is -2.35. The van der Waals surface area contributed by atoms with E-state index in [0.29, 0.717) is 12.2 Å². The number of amides is 1. The van der Waals surface area contributed by atoms with E-state index < -0.39 is 15.3 Å². The Labute approximate surface area is 136 Å². The minimum absolute atomic E-state index is 0. The molecule has 1 amide bonds. The number of carbonyl (C=O) groups is 1. The molecule has 1 aliphatic rings. The maximum atomic E-state index is 12.1. The van der Waals surface area contributed by atoms with E-state index in [9.17, 15) is 13.2 Å². The van der Waals surface area contributed by atoms with E-state index in [1.54, 1.807) is 6.07 Å². The van der Waals surface area contributed by atoms with Crippen molar-refractivity contribution in [1.29, 1.82) is 0 Å². The molecule has 0 saturated carbocycles. The summed E-state index contributed by atoms with van der Waals surface area (Å²) in [5.74, 6) is -0.0774. The van der Waals surface area contributed by atoms with E-state index >= 15 is 0 Å². The average molecular weight is 356 g/mol. The molecule has 21 heavy (non-hydrogen) atoms. The second-order valence-electron chi connectivity index (χ2n) is 5.10. The third kappa shape index (κ3) is 4.81. The van der Waals surface area contributed by atoms with Gasteiger partial charge in [-0.25, -0.2) is 13.4 Å². The van der Waals surface area contributed by atoms with Crippen LogP contribution in [0.1, 0.15) is 13.3 Å². The van der Waals surface area contributed by atoms with Crippen LogP contribution >= 0.6 is 24.8 Å². The van der Waals surface area contributed by atoms with Gasteiger partial charge in [0.05, 0.1) is 17.3 Å². The lowest BCUT2D eigenvalue weighted by Gasteiger charge is -2.21. The molecule has 2 N–H and O–H groups in total. The standard InChI is InChI=1S/C12H17N3O3S.2ClH/c1-12(5-6-13-8-12)11(16)15-9-3-4-10(14-7-9)19(2,17)18;;/h3-4,7,13H,5-6,8H2,1-2H3,(H,15,16);2*1H. The third-order valence-corrected chi connectivity index (χ3v) is 4.29. The molecule has 1 aliphatic heterocycles. The van der Waals surface area contributed by atoms with Gasteiger partial charge < -0.3 is 10.6 Å². The molecular formula is C12H19Cl2N3O3S. The van der Waals surface area contributed by atoms with Crippen LogP contribution in [-0.2, 0) is 14.6 Å². The van der Waals surface area contributed by atoms with Gasteiger partial charge in [0.15, 0.2) is 14.9 Å². The van der Waals surface area contributed by atoms with Gasteiger partial charge >= 0.3 is 0 Å². The Morgan fingerprint density at radius 2 is 2.05 bits per heavy atom. The molecule has 1 fully saturated rings. The summed E-state index contributed by atoms with van der Waals surface area (Å²) in [7, 11) is -3.31. The van der Waals surface area contributed by atoms with Gasteiger partial charge in [-0.05, 0) is 32.0 Å². The zero-order chi connectivity index (χ0) is 14.1. The van der Waals surface area contributed by atoms with Crippen molar-refractivity contribution in [2.45, 2.75) is 18.4 Å². The van der Waals surface area contributed by atoms with E-state index in [-0.39, 0.29) is 35.7 Å². The Morgan fingerprint density at radius 1 is 1.38 bits per heavy atom. The lowest BCUT2D eigenvalue weighted by atomic mass is 9.89. The van der Waals surface area contributed by atoms with Gasteiger partial charge in [-0.15, -0.1) is 24.8 Å². The first kappa shape index (κ1) is 20.1. The predicted octanol–water partition coefficient (Wildman–Crippen LogP) is 1.27. The van der Waals surface area contributed by atoms with Crippen LogP contribution in [0, 0.1) is 5.41 Å². The van der Waals surface area contributed by atoms with Crippen LogP contribution in [0.3, 0.4) is 0 Å². The van der Waals surface area contributed by atoms with E-state index in [1.165, 1.54) is 12.3 Å². The van der Waals surface area contributed by atoms with Crippen molar-refractivity contribution < 1.29 is 13.2 Å². The molecular weight excluding hydrogens is 337 g/mol. The Balaban J connectivity index is 0.00000200. The molecule has 1 atom stereocenters. The molecule has 0 spiro atoms. The second kappa shape index (κ2) is 7.40. The number of sulfone groups is 1. The third-order valence-electron chi connectivity index (χ3n) is 3.29. The molecule has 6 nitrogen and oxygen atoms in total.